The quantitative estimate of drug-likeness (QED) is 0.722. The van der Waals surface area contributed by atoms with E-state index < -0.39 is 11.7 Å². The fourth-order valence-electron chi connectivity index (χ4n) is 1.27. The molecule has 2 heterocycles. The summed E-state index contributed by atoms with van der Waals surface area (Å²) < 4.78 is 1.33. The number of rotatable bonds is 1. The third-order valence-corrected chi connectivity index (χ3v) is 3.22. The van der Waals surface area contributed by atoms with Gasteiger partial charge in [0.1, 0.15) is 5.56 Å². The van der Waals surface area contributed by atoms with Crippen LogP contribution in [0.5, 0.6) is 0 Å². The Morgan fingerprint density at radius 2 is 2.36 bits per heavy atom. The van der Waals surface area contributed by atoms with Gasteiger partial charge in [0, 0.05) is 12.3 Å². The second kappa shape index (κ2) is 3.29. The number of hydrogen-bond donors (Lipinski definition) is 1. The Labute approximate surface area is 87.7 Å². The molecule has 0 aromatic carbocycles. The number of hydrogen-bond acceptors (Lipinski definition) is 4. The smallest absolute Gasteiger partial charge is 0.349 e. The van der Waals surface area contributed by atoms with E-state index in [2.05, 4.69) is 4.98 Å². The van der Waals surface area contributed by atoms with Crippen LogP contribution in [0.25, 0.3) is 0 Å². The van der Waals surface area contributed by atoms with Gasteiger partial charge in [0.25, 0.3) is 0 Å². The second-order valence-corrected chi connectivity index (χ2v) is 4.11. The zero-order valence-electron chi connectivity index (χ0n) is 6.86. The van der Waals surface area contributed by atoms with E-state index in [4.69, 9.17) is 16.7 Å². The van der Waals surface area contributed by atoms with Gasteiger partial charge in [-0.15, -0.1) is 11.8 Å². The molecule has 1 aromatic heterocycles. The summed E-state index contributed by atoms with van der Waals surface area (Å²) in [5.74, 6) is -0.474. The van der Waals surface area contributed by atoms with E-state index in [1.54, 1.807) is 0 Å². The molecule has 0 fully saturated rings. The van der Waals surface area contributed by atoms with Crippen LogP contribution in [0.2, 0.25) is 5.15 Å². The number of nitrogens with zero attached hydrogens (tertiary/aromatic N) is 2. The van der Waals surface area contributed by atoms with E-state index in [0.717, 1.165) is 0 Å². The highest BCUT2D eigenvalue weighted by Gasteiger charge is 2.24. The first kappa shape index (κ1) is 9.54. The lowest BCUT2D eigenvalue weighted by molar-refractivity contribution is 0.0691. The van der Waals surface area contributed by atoms with Crippen LogP contribution in [0.1, 0.15) is 10.4 Å². The number of aromatic carboxylic acids is 1. The van der Waals surface area contributed by atoms with Crippen molar-refractivity contribution in [1.82, 2.24) is 9.55 Å². The molecule has 74 valence electrons. The average Bonchev–Trinajstić information content (AvgIpc) is 2.51. The fraction of sp³-hybridized carbons (Fsp3) is 0.286. The summed E-state index contributed by atoms with van der Waals surface area (Å²) in [5, 5.41) is 9.04. The van der Waals surface area contributed by atoms with Gasteiger partial charge in [0.15, 0.2) is 5.15 Å². The van der Waals surface area contributed by atoms with Crippen molar-refractivity contribution in [1.29, 1.82) is 0 Å². The molecule has 1 aliphatic rings. The first-order valence-corrected chi connectivity index (χ1v) is 5.14. The van der Waals surface area contributed by atoms with Crippen LogP contribution in [-0.2, 0) is 6.54 Å². The molecule has 0 amide bonds. The SMILES string of the molecule is O=C(O)c1c(Cl)nc(=O)n2c1SCC2. The molecule has 0 unspecified atom stereocenters. The van der Waals surface area contributed by atoms with Gasteiger partial charge in [-0.25, -0.2) is 9.59 Å². The van der Waals surface area contributed by atoms with E-state index in [-0.39, 0.29) is 10.7 Å². The Kier molecular flexibility index (Phi) is 2.24. The Morgan fingerprint density at radius 3 is 3.00 bits per heavy atom. The van der Waals surface area contributed by atoms with Crippen LogP contribution in [0.15, 0.2) is 9.82 Å². The van der Waals surface area contributed by atoms with Crippen molar-refractivity contribution in [2.24, 2.45) is 0 Å². The number of fused-ring (bicyclic) bond motifs is 1. The van der Waals surface area contributed by atoms with Gasteiger partial charge in [-0.2, -0.15) is 4.98 Å². The largest absolute Gasteiger partial charge is 0.477 e. The van der Waals surface area contributed by atoms with Gasteiger partial charge in [-0.3, -0.25) is 4.57 Å². The first-order chi connectivity index (χ1) is 6.61. The van der Waals surface area contributed by atoms with Crippen LogP contribution >= 0.6 is 23.4 Å². The number of carboxylic acids is 1. The summed E-state index contributed by atoms with van der Waals surface area (Å²) in [5.41, 5.74) is -0.561. The van der Waals surface area contributed by atoms with Gasteiger partial charge in [0.05, 0.1) is 5.03 Å². The summed E-state index contributed by atoms with van der Waals surface area (Å²) in [6.07, 6.45) is 0. The average molecular weight is 233 g/mol. The van der Waals surface area contributed by atoms with E-state index in [1.165, 1.54) is 16.3 Å². The number of halogens is 1. The molecule has 2 rings (SSSR count). The lowest BCUT2D eigenvalue weighted by atomic mass is 10.3. The lowest BCUT2D eigenvalue weighted by Gasteiger charge is -2.05. The number of aromatic nitrogens is 2. The highest BCUT2D eigenvalue weighted by molar-refractivity contribution is 7.99. The third kappa shape index (κ3) is 1.31. The van der Waals surface area contributed by atoms with Crippen molar-refractivity contribution in [3.05, 3.63) is 21.2 Å². The Hall–Kier alpha value is -1.01. The molecule has 0 bridgehead atoms. The topological polar surface area (TPSA) is 72.2 Å². The predicted octanol–water partition coefficient (Wildman–Crippen LogP) is 0.701. The minimum absolute atomic E-state index is 0.0752. The maximum atomic E-state index is 11.3. The molecule has 7 heteroatoms. The van der Waals surface area contributed by atoms with E-state index in [9.17, 15) is 9.59 Å². The molecule has 14 heavy (non-hydrogen) atoms. The minimum Gasteiger partial charge on any atom is -0.477 e. The monoisotopic (exact) mass is 232 g/mol. The molecular weight excluding hydrogens is 228 g/mol. The van der Waals surface area contributed by atoms with Crippen molar-refractivity contribution in [3.63, 3.8) is 0 Å². The zero-order valence-corrected chi connectivity index (χ0v) is 8.43. The summed E-state index contributed by atoms with van der Waals surface area (Å²) in [6, 6.07) is 0. The van der Waals surface area contributed by atoms with Crippen molar-refractivity contribution in [2.75, 3.05) is 5.75 Å². The predicted molar refractivity (Wildman–Crippen MR) is 51.2 cm³/mol. The standard InChI is InChI=1S/C7H5ClN2O3S/c8-4-3(6(11)12)5-10(1-2-14-5)7(13)9-4/h1-2H2,(H,11,12). The minimum atomic E-state index is -1.15. The summed E-state index contributed by atoms with van der Waals surface area (Å²) >= 11 is 6.90. The molecule has 0 spiro atoms. The van der Waals surface area contributed by atoms with Crippen LogP contribution < -0.4 is 5.69 Å². The highest BCUT2D eigenvalue weighted by Crippen LogP contribution is 2.30. The highest BCUT2D eigenvalue weighted by atomic mass is 35.5. The Balaban J connectivity index is 2.78. The molecule has 0 radical (unpaired) electrons. The molecule has 1 aromatic rings. The normalized spacial score (nSPS) is 14.1. The van der Waals surface area contributed by atoms with Crippen molar-refractivity contribution >= 4 is 29.3 Å². The molecule has 5 nitrogen and oxygen atoms in total. The number of carboxylic acid groups (broad SMARTS) is 1. The van der Waals surface area contributed by atoms with Crippen molar-refractivity contribution in [2.45, 2.75) is 11.6 Å². The molecule has 0 saturated heterocycles. The maximum absolute atomic E-state index is 11.3. The van der Waals surface area contributed by atoms with Gasteiger partial charge < -0.3 is 5.11 Å². The summed E-state index contributed by atoms with van der Waals surface area (Å²) in [4.78, 5) is 25.6. The van der Waals surface area contributed by atoms with Crippen molar-refractivity contribution in [3.8, 4) is 0 Å². The molecule has 0 atom stereocenters. The van der Waals surface area contributed by atoms with E-state index in [1.807, 2.05) is 0 Å². The molecule has 1 N–H and O–H groups in total. The maximum Gasteiger partial charge on any atom is 0.349 e. The molecule has 1 aliphatic heterocycles. The van der Waals surface area contributed by atoms with Gasteiger partial charge in [-0.05, 0) is 0 Å². The summed E-state index contributed by atoms with van der Waals surface area (Å²) in [7, 11) is 0. The molecular formula is C7H5ClN2O3S. The van der Waals surface area contributed by atoms with Crippen molar-refractivity contribution < 1.29 is 9.90 Å². The molecule has 0 saturated carbocycles. The number of thioether (sulfide) groups is 1. The second-order valence-electron chi connectivity index (χ2n) is 2.67. The fourth-order valence-corrected chi connectivity index (χ4v) is 2.69. The summed E-state index contributed by atoms with van der Waals surface area (Å²) in [6.45, 7) is 0.489. The van der Waals surface area contributed by atoms with Crippen LogP contribution in [0, 0.1) is 0 Å². The van der Waals surface area contributed by atoms with Crippen LogP contribution in [0.3, 0.4) is 0 Å². The first-order valence-electron chi connectivity index (χ1n) is 3.77. The van der Waals surface area contributed by atoms with Gasteiger partial charge in [-0.1, -0.05) is 11.6 Å². The lowest BCUT2D eigenvalue weighted by Crippen LogP contribution is -2.24. The van der Waals surface area contributed by atoms with E-state index >= 15 is 0 Å². The zero-order chi connectivity index (χ0) is 10.3. The van der Waals surface area contributed by atoms with Gasteiger partial charge in [0.2, 0.25) is 0 Å². The molecule has 0 aliphatic carbocycles. The Morgan fingerprint density at radius 1 is 1.64 bits per heavy atom. The Bertz CT molecular complexity index is 471. The van der Waals surface area contributed by atoms with Crippen LogP contribution in [0.4, 0.5) is 0 Å². The van der Waals surface area contributed by atoms with Crippen LogP contribution in [-0.4, -0.2) is 26.4 Å². The van der Waals surface area contributed by atoms with E-state index in [0.29, 0.717) is 17.3 Å². The third-order valence-electron chi connectivity index (χ3n) is 1.86. The van der Waals surface area contributed by atoms with Gasteiger partial charge >= 0.3 is 11.7 Å². The number of carbonyl (C=O) groups is 1.